The molecule has 0 radical (unpaired) electrons. The van der Waals surface area contributed by atoms with Gasteiger partial charge in [0.2, 0.25) is 0 Å². The highest BCUT2D eigenvalue weighted by Gasteiger charge is 2.26. The molecule has 0 bridgehead atoms. The van der Waals surface area contributed by atoms with Crippen LogP contribution in [0.3, 0.4) is 0 Å². The molecule has 1 aliphatic rings. The number of aliphatic hydroxyl groups is 1. The van der Waals surface area contributed by atoms with Gasteiger partial charge in [-0.15, -0.1) is 0 Å². The van der Waals surface area contributed by atoms with Crippen LogP contribution >= 0.6 is 0 Å². The van der Waals surface area contributed by atoms with E-state index in [9.17, 15) is 5.11 Å². The van der Waals surface area contributed by atoms with Gasteiger partial charge in [0, 0.05) is 0 Å². The second kappa shape index (κ2) is 5.43. The summed E-state index contributed by atoms with van der Waals surface area (Å²) >= 11 is 0. The average Bonchev–Trinajstić information content (AvgIpc) is 2.65. The highest BCUT2D eigenvalue weighted by molar-refractivity contribution is 4.85. The van der Waals surface area contributed by atoms with Crippen LogP contribution in [-0.2, 0) is 0 Å². The van der Waals surface area contributed by atoms with Gasteiger partial charge in [0.15, 0.2) is 0 Å². The third-order valence-corrected chi connectivity index (χ3v) is 3.21. The Labute approximate surface area is 81.9 Å². The van der Waals surface area contributed by atoms with E-state index in [4.69, 9.17) is 0 Å². The zero-order valence-electron chi connectivity index (χ0n) is 8.87. The molecule has 0 aromatic heterocycles. The van der Waals surface area contributed by atoms with Crippen LogP contribution in [0.5, 0.6) is 0 Å². The van der Waals surface area contributed by atoms with Crippen LogP contribution in [0.4, 0.5) is 0 Å². The van der Waals surface area contributed by atoms with Gasteiger partial charge < -0.3 is 5.11 Å². The van der Waals surface area contributed by atoms with E-state index in [0.29, 0.717) is 11.8 Å². The third kappa shape index (κ3) is 3.15. The Bertz CT molecular complexity index is 157. The number of hydrogen-bond acceptors (Lipinski definition) is 1. The van der Waals surface area contributed by atoms with Gasteiger partial charge in [0.05, 0.1) is 6.10 Å². The topological polar surface area (TPSA) is 20.2 Å². The molecule has 13 heavy (non-hydrogen) atoms. The Kier molecular flexibility index (Phi) is 4.51. The van der Waals surface area contributed by atoms with Gasteiger partial charge in [-0.1, -0.05) is 31.9 Å². The zero-order valence-corrected chi connectivity index (χ0v) is 8.87. The number of rotatable bonds is 4. The lowest BCUT2D eigenvalue weighted by Crippen LogP contribution is -2.25. The lowest BCUT2D eigenvalue weighted by Gasteiger charge is -2.23. The summed E-state index contributed by atoms with van der Waals surface area (Å²) in [4.78, 5) is 0. The number of hydrogen-bond donors (Lipinski definition) is 1. The van der Waals surface area contributed by atoms with Crippen LogP contribution < -0.4 is 0 Å². The quantitative estimate of drug-likeness (QED) is 0.662. The fourth-order valence-corrected chi connectivity index (χ4v) is 2.25. The molecule has 0 aromatic carbocycles. The maximum atomic E-state index is 10.0. The molecule has 1 rings (SSSR count). The van der Waals surface area contributed by atoms with Gasteiger partial charge in [-0.25, -0.2) is 0 Å². The fraction of sp³-hybridized carbons (Fsp3) is 0.833. The number of aliphatic hydroxyl groups excluding tert-OH is 1. The lowest BCUT2D eigenvalue weighted by molar-refractivity contribution is 0.0611. The highest BCUT2D eigenvalue weighted by atomic mass is 16.3. The second-order valence-electron chi connectivity index (χ2n) is 4.32. The van der Waals surface area contributed by atoms with Crippen molar-refractivity contribution in [1.29, 1.82) is 0 Å². The van der Waals surface area contributed by atoms with Crippen LogP contribution in [0.2, 0.25) is 0 Å². The van der Waals surface area contributed by atoms with Gasteiger partial charge in [-0.05, 0) is 38.0 Å². The predicted octanol–water partition coefficient (Wildman–Crippen LogP) is 3.14. The van der Waals surface area contributed by atoms with Gasteiger partial charge in [-0.2, -0.15) is 0 Å². The summed E-state index contributed by atoms with van der Waals surface area (Å²) in [6, 6.07) is 0. The molecule has 1 fully saturated rings. The van der Waals surface area contributed by atoms with Gasteiger partial charge in [-0.3, -0.25) is 0 Å². The smallest absolute Gasteiger partial charge is 0.0596 e. The first-order valence-electron chi connectivity index (χ1n) is 5.55. The van der Waals surface area contributed by atoms with Gasteiger partial charge >= 0.3 is 0 Å². The molecule has 0 saturated heterocycles. The van der Waals surface area contributed by atoms with Crippen LogP contribution in [0.25, 0.3) is 0 Å². The summed E-state index contributed by atoms with van der Waals surface area (Å²) in [7, 11) is 0. The van der Waals surface area contributed by atoms with Crippen molar-refractivity contribution >= 4 is 0 Å². The maximum Gasteiger partial charge on any atom is 0.0596 e. The normalized spacial score (nSPS) is 23.9. The van der Waals surface area contributed by atoms with Crippen molar-refractivity contribution in [2.45, 2.75) is 52.1 Å². The molecule has 1 N–H and O–H groups in total. The lowest BCUT2D eigenvalue weighted by atomic mass is 9.89. The van der Waals surface area contributed by atoms with Crippen molar-refractivity contribution in [2.75, 3.05) is 0 Å². The molecule has 0 amide bonds. The zero-order chi connectivity index (χ0) is 9.68. The monoisotopic (exact) mass is 182 g/mol. The molecule has 1 saturated carbocycles. The van der Waals surface area contributed by atoms with E-state index >= 15 is 0 Å². The summed E-state index contributed by atoms with van der Waals surface area (Å²) in [6.07, 6.45) is 10.3. The van der Waals surface area contributed by atoms with E-state index < -0.39 is 0 Å². The second-order valence-corrected chi connectivity index (χ2v) is 4.32. The molecule has 0 spiro atoms. The summed E-state index contributed by atoms with van der Waals surface area (Å²) in [5.74, 6) is 1.01. The van der Waals surface area contributed by atoms with E-state index in [2.05, 4.69) is 19.1 Å². The Hall–Kier alpha value is -0.300. The molecular weight excluding hydrogens is 160 g/mol. The van der Waals surface area contributed by atoms with Crippen molar-refractivity contribution in [2.24, 2.45) is 11.8 Å². The Balaban J connectivity index is 2.31. The van der Waals surface area contributed by atoms with Crippen molar-refractivity contribution in [3.05, 3.63) is 12.2 Å². The number of allylic oxidation sites excluding steroid dienone is 2. The molecule has 76 valence electrons. The molecule has 2 atom stereocenters. The molecule has 1 aliphatic carbocycles. The van der Waals surface area contributed by atoms with E-state index in [0.717, 1.165) is 6.42 Å². The Morgan fingerprint density at radius 2 is 2.00 bits per heavy atom. The van der Waals surface area contributed by atoms with Crippen LogP contribution in [0, 0.1) is 11.8 Å². The van der Waals surface area contributed by atoms with Crippen LogP contribution in [0.1, 0.15) is 46.0 Å². The van der Waals surface area contributed by atoms with Crippen LogP contribution in [-0.4, -0.2) is 11.2 Å². The van der Waals surface area contributed by atoms with E-state index in [1.54, 1.807) is 0 Å². The van der Waals surface area contributed by atoms with Gasteiger partial charge in [0.25, 0.3) is 0 Å². The summed E-state index contributed by atoms with van der Waals surface area (Å²) < 4.78 is 0. The molecule has 1 heteroatoms. The first-order valence-corrected chi connectivity index (χ1v) is 5.55. The van der Waals surface area contributed by atoms with E-state index in [1.807, 2.05) is 6.92 Å². The van der Waals surface area contributed by atoms with Crippen molar-refractivity contribution in [1.82, 2.24) is 0 Å². The minimum absolute atomic E-state index is 0.0706. The first-order chi connectivity index (χ1) is 6.25. The van der Waals surface area contributed by atoms with Crippen molar-refractivity contribution in [3.63, 3.8) is 0 Å². The maximum absolute atomic E-state index is 10.0. The third-order valence-electron chi connectivity index (χ3n) is 3.21. The average molecular weight is 182 g/mol. The Morgan fingerprint density at radius 3 is 2.54 bits per heavy atom. The summed E-state index contributed by atoms with van der Waals surface area (Å²) in [5.41, 5.74) is 0. The van der Waals surface area contributed by atoms with Gasteiger partial charge in [0.1, 0.15) is 0 Å². The summed E-state index contributed by atoms with van der Waals surface area (Å²) in [6.45, 7) is 4.19. The largest absolute Gasteiger partial charge is 0.393 e. The minimum Gasteiger partial charge on any atom is -0.393 e. The SMILES string of the molecule is CC=CCC(C)C(O)C1CCCC1. The standard InChI is InChI=1S/C12H22O/c1-3-4-7-10(2)12(13)11-8-5-6-9-11/h3-4,10-13H,5-9H2,1-2H3. The molecule has 0 heterocycles. The first kappa shape index (κ1) is 10.8. The minimum atomic E-state index is -0.0706. The Morgan fingerprint density at radius 1 is 1.38 bits per heavy atom. The highest BCUT2D eigenvalue weighted by Crippen LogP contribution is 2.31. The van der Waals surface area contributed by atoms with E-state index in [-0.39, 0.29) is 6.10 Å². The van der Waals surface area contributed by atoms with Crippen molar-refractivity contribution in [3.8, 4) is 0 Å². The molecular formula is C12H22O. The van der Waals surface area contributed by atoms with Crippen molar-refractivity contribution < 1.29 is 5.11 Å². The molecule has 1 nitrogen and oxygen atoms in total. The van der Waals surface area contributed by atoms with E-state index in [1.165, 1.54) is 25.7 Å². The fourth-order valence-electron chi connectivity index (χ4n) is 2.25. The molecule has 2 unspecified atom stereocenters. The summed E-state index contributed by atoms with van der Waals surface area (Å²) in [5, 5.41) is 10.0. The van der Waals surface area contributed by atoms with Crippen LogP contribution in [0.15, 0.2) is 12.2 Å². The molecule has 0 aliphatic heterocycles. The molecule has 0 aromatic rings. The predicted molar refractivity (Wildman–Crippen MR) is 56.6 cm³/mol.